The van der Waals surface area contributed by atoms with E-state index in [1.165, 1.54) is 0 Å². The van der Waals surface area contributed by atoms with Crippen molar-refractivity contribution in [3.05, 3.63) is 0 Å². The van der Waals surface area contributed by atoms with Gasteiger partial charge in [0.1, 0.15) is 0 Å². The minimum absolute atomic E-state index is 0.0307. The Morgan fingerprint density at radius 2 is 2.62 bits per heavy atom. The highest BCUT2D eigenvalue weighted by Crippen LogP contribution is 2.07. The third kappa shape index (κ3) is 0.980. The van der Waals surface area contributed by atoms with E-state index in [1.54, 1.807) is 7.11 Å². The standard InChI is InChI=1S/C5H8NO2/c1-8-5-3-2-4(7)6-5/h5H,2-3H2,1H3. The summed E-state index contributed by atoms with van der Waals surface area (Å²) in [5.41, 5.74) is 0. The van der Waals surface area contributed by atoms with Gasteiger partial charge in [0.15, 0.2) is 6.23 Å². The molecule has 3 nitrogen and oxygen atoms in total. The molecule has 0 aromatic carbocycles. The minimum atomic E-state index is -0.150. The Bertz CT molecular complexity index is 103. The summed E-state index contributed by atoms with van der Waals surface area (Å²) in [5, 5.41) is 3.65. The third-order valence-corrected chi connectivity index (χ3v) is 1.17. The van der Waals surface area contributed by atoms with Crippen LogP contribution in [0.1, 0.15) is 12.8 Å². The van der Waals surface area contributed by atoms with Crippen LogP contribution < -0.4 is 5.32 Å². The lowest BCUT2D eigenvalue weighted by Crippen LogP contribution is -2.18. The molecule has 1 atom stereocenters. The molecule has 1 aliphatic heterocycles. The molecule has 1 amide bonds. The average Bonchev–Trinajstić information content (AvgIpc) is 2.14. The molecule has 1 rings (SSSR count). The maximum atomic E-state index is 10.4. The molecule has 1 saturated heterocycles. The van der Waals surface area contributed by atoms with Crippen LogP contribution in [0.5, 0.6) is 0 Å². The summed E-state index contributed by atoms with van der Waals surface area (Å²) in [6.07, 6.45) is 1.16. The Morgan fingerprint density at radius 1 is 1.88 bits per heavy atom. The number of hydrogen-bond acceptors (Lipinski definition) is 2. The summed E-state index contributed by atoms with van der Waals surface area (Å²) in [6, 6.07) is 0. The molecule has 1 heterocycles. The molecule has 0 N–H and O–H groups in total. The van der Waals surface area contributed by atoms with Crippen LogP contribution in [0.4, 0.5) is 0 Å². The van der Waals surface area contributed by atoms with Gasteiger partial charge in [0.25, 0.3) is 0 Å². The average molecular weight is 114 g/mol. The van der Waals surface area contributed by atoms with Crippen molar-refractivity contribution in [2.24, 2.45) is 0 Å². The lowest BCUT2D eigenvalue weighted by molar-refractivity contribution is -0.120. The summed E-state index contributed by atoms with van der Waals surface area (Å²) >= 11 is 0. The fraction of sp³-hybridized carbons (Fsp3) is 0.800. The molecule has 8 heavy (non-hydrogen) atoms. The second-order valence-corrected chi connectivity index (χ2v) is 1.75. The number of rotatable bonds is 1. The topological polar surface area (TPSA) is 40.4 Å². The van der Waals surface area contributed by atoms with E-state index in [0.29, 0.717) is 6.42 Å². The van der Waals surface area contributed by atoms with Crippen molar-refractivity contribution in [1.82, 2.24) is 5.32 Å². The molecule has 0 saturated carbocycles. The molecular formula is C5H8NO2. The summed E-state index contributed by atoms with van der Waals surface area (Å²) < 4.78 is 4.79. The molecule has 0 spiro atoms. The van der Waals surface area contributed by atoms with Crippen LogP contribution in [0, 0.1) is 0 Å². The first-order valence-corrected chi connectivity index (χ1v) is 2.59. The minimum Gasteiger partial charge on any atom is -0.360 e. The van der Waals surface area contributed by atoms with E-state index in [1.807, 2.05) is 0 Å². The molecule has 0 bridgehead atoms. The molecule has 0 aromatic heterocycles. The van der Waals surface area contributed by atoms with Gasteiger partial charge in [0, 0.05) is 20.0 Å². The third-order valence-electron chi connectivity index (χ3n) is 1.17. The normalized spacial score (nSPS) is 28.1. The fourth-order valence-electron chi connectivity index (χ4n) is 0.707. The van der Waals surface area contributed by atoms with Crippen molar-refractivity contribution >= 4 is 5.91 Å². The highest BCUT2D eigenvalue weighted by Gasteiger charge is 2.21. The van der Waals surface area contributed by atoms with Crippen LogP contribution in [0.2, 0.25) is 0 Å². The highest BCUT2D eigenvalue weighted by molar-refractivity contribution is 5.77. The number of methoxy groups -OCH3 is 1. The van der Waals surface area contributed by atoms with E-state index in [0.717, 1.165) is 6.42 Å². The van der Waals surface area contributed by atoms with Gasteiger partial charge in [-0.3, -0.25) is 4.79 Å². The maximum absolute atomic E-state index is 10.4. The quantitative estimate of drug-likeness (QED) is 0.477. The van der Waals surface area contributed by atoms with Gasteiger partial charge in [0.05, 0.1) is 0 Å². The monoisotopic (exact) mass is 114 g/mol. The Balaban J connectivity index is 2.32. The van der Waals surface area contributed by atoms with E-state index in [4.69, 9.17) is 4.74 Å². The van der Waals surface area contributed by atoms with Crippen molar-refractivity contribution in [3.8, 4) is 0 Å². The van der Waals surface area contributed by atoms with Crippen molar-refractivity contribution in [2.75, 3.05) is 7.11 Å². The summed E-state index contributed by atoms with van der Waals surface area (Å²) in [4.78, 5) is 10.4. The molecule has 1 unspecified atom stereocenters. The van der Waals surface area contributed by atoms with E-state index in [9.17, 15) is 4.79 Å². The number of ether oxygens (including phenoxy) is 1. The van der Waals surface area contributed by atoms with Crippen LogP contribution in [-0.2, 0) is 9.53 Å². The Morgan fingerprint density at radius 3 is 2.88 bits per heavy atom. The van der Waals surface area contributed by atoms with Gasteiger partial charge in [-0.1, -0.05) is 0 Å². The van der Waals surface area contributed by atoms with Gasteiger partial charge in [-0.2, -0.15) is 0 Å². The van der Waals surface area contributed by atoms with E-state index >= 15 is 0 Å². The number of hydrogen-bond donors (Lipinski definition) is 0. The number of carbonyl (C=O) groups excluding carboxylic acids is 1. The smallest absolute Gasteiger partial charge is 0.243 e. The first kappa shape index (κ1) is 5.56. The van der Waals surface area contributed by atoms with Crippen molar-refractivity contribution in [3.63, 3.8) is 0 Å². The van der Waals surface area contributed by atoms with Gasteiger partial charge < -0.3 is 4.74 Å². The molecule has 1 aliphatic rings. The van der Waals surface area contributed by atoms with Crippen LogP contribution in [0.25, 0.3) is 0 Å². The Labute approximate surface area is 48.0 Å². The predicted octanol–water partition coefficient (Wildman–Crippen LogP) is -0.116. The highest BCUT2D eigenvalue weighted by atomic mass is 16.5. The molecular weight excluding hydrogens is 106 g/mol. The maximum Gasteiger partial charge on any atom is 0.243 e. The van der Waals surface area contributed by atoms with Gasteiger partial charge >= 0.3 is 0 Å². The lowest BCUT2D eigenvalue weighted by Gasteiger charge is -2.00. The molecule has 1 fully saturated rings. The van der Waals surface area contributed by atoms with E-state index in [-0.39, 0.29) is 12.1 Å². The number of amides is 1. The SMILES string of the molecule is COC1CCC(=O)[N]1. The predicted molar refractivity (Wildman–Crippen MR) is 27.2 cm³/mol. The van der Waals surface area contributed by atoms with Crippen LogP contribution in [-0.4, -0.2) is 19.2 Å². The van der Waals surface area contributed by atoms with E-state index in [2.05, 4.69) is 5.32 Å². The molecule has 0 aliphatic carbocycles. The fourth-order valence-corrected chi connectivity index (χ4v) is 0.707. The second-order valence-electron chi connectivity index (χ2n) is 1.75. The summed E-state index contributed by atoms with van der Waals surface area (Å²) in [7, 11) is 1.56. The first-order valence-electron chi connectivity index (χ1n) is 2.59. The largest absolute Gasteiger partial charge is 0.360 e. The van der Waals surface area contributed by atoms with Gasteiger partial charge in [-0.15, -0.1) is 0 Å². The van der Waals surface area contributed by atoms with Gasteiger partial charge in [-0.05, 0) is 0 Å². The van der Waals surface area contributed by atoms with Gasteiger partial charge in [-0.25, -0.2) is 5.32 Å². The molecule has 3 heteroatoms. The van der Waals surface area contributed by atoms with Crippen LogP contribution in [0.3, 0.4) is 0 Å². The first-order chi connectivity index (χ1) is 3.83. The molecule has 45 valence electrons. The van der Waals surface area contributed by atoms with Crippen molar-refractivity contribution in [1.29, 1.82) is 0 Å². The zero-order chi connectivity index (χ0) is 5.98. The Kier molecular flexibility index (Phi) is 1.48. The van der Waals surface area contributed by atoms with Crippen molar-refractivity contribution in [2.45, 2.75) is 19.1 Å². The summed E-state index contributed by atoms with van der Waals surface area (Å²) in [6.45, 7) is 0. The summed E-state index contributed by atoms with van der Waals surface area (Å²) in [5.74, 6) is -0.0307. The Hall–Kier alpha value is -0.570. The lowest BCUT2D eigenvalue weighted by atomic mass is 10.4. The van der Waals surface area contributed by atoms with Crippen molar-refractivity contribution < 1.29 is 9.53 Å². The van der Waals surface area contributed by atoms with Crippen LogP contribution in [0.15, 0.2) is 0 Å². The number of nitrogens with zero attached hydrogens (tertiary/aromatic N) is 1. The molecule has 1 radical (unpaired) electrons. The second kappa shape index (κ2) is 2.13. The van der Waals surface area contributed by atoms with Gasteiger partial charge in [0.2, 0.25) is 5.91 Å². The van der Waals surface area contributed by atoms with E-state index < -0.39 is 0 Å². The number of carbonyl (C=O) groups is 1. The zero-order valence-electron chi connectivity index (χ0n) is 4.76. The van der Waals surface area contributed by atoms with Crippen LogP contribution >= 0.6 is 0 Å². The molecule has 0 aromatic rings. The zero-order valence-corrected chi connectivity index (χ0v) is 4.76.